The third-order valence-electron chi connectivity index (χ3n) is 2.09. The van der Waals surface area contributed by atoms with Gasteiger partial charge in [0.05, 0.1) is 29.9 Å². The highest BCUT2D eigenvalue weighted by molar-refractivity contribution is 6.34. The predicted molar refractivity (Wildman–Crippen MR) is 74.2 cm³/mol. The van der Waals surface area contributed by atoms with Crippen molar-refractivity contribution < 1.29 is 37.4 Å². The van der Waals surface area contributed by atoms with Crippen molar-refractivity contribution in [1.82, 2.24) is 0 Å². The highest BCUT2D eigenvalue weighted by Crippen LogP contribution is 2.23. The summed E-state index contributed by atoms with van der Waals surface area (Å²) in [6.45, 7) is -0.130. The summed E-state index contributed by atoms with van der Waals surface area (Å²) in [5.41, 5.74) is 5.87. The molecule has 128 valence electrons. The van der Waals surface area contributed by atoms with E-state index in [0.29, 0.717) is 11.3 Å². The normalized spacial score (nSPS) is 10.2. The molecule has 7 nitrogen and oxygen atoms in total. The Morgan fingerprint density at radius 3 is 2.22 bits per heavy atom. The Morgan fingerprint density at radius 2 is 1.87 bits per heavy atom. The number of carbonyl (C=O) groups excluding carboxylic acids is 2. The van der Waals surface area contributed by atoms with Crippen molar-refractivity contribution >= 4 is 35.1 Å². The fraction of sp³-hybridized carbons (Fsp3) is 0.250. The zero-order chi connectivity index (χ0) is 18.2. The number of benzene rings is 1. The molecule has 0 aliphatic heterocycles. The molecule has 0 aliphatic rings. The number of anilines is 1. The number of rotatable bonds is 3. The van der Waals surface area contributed by atoms with E-state index in [1.165, 1.54) is 25.3 Å². The second-order valence-corrected chi connectivity index (χ2v) is 4.15. The molecular weight excluding hydrogens is 345 g/mol. The third-order valence-corrected chi connectivity index (χ3v) is 2.40. The fourth-order valence-electron chi connectivity index (χ4n) is 1.06. The zero-order valence-electron chi connectivity index (χ0n) is 11.6. The van der Waals surface area contributed by atoms with Gasteiger partial charge < -0.3 is 20.9 Å². The minimum atomic E-state index is -5.08. The van der Waals surface area contributed by atoms with Crippen LogP contribution >= 0.6 is 11.6 Å². The van der Waals surface area contributed by atoms with Gasteiger partial charge in [-0.3, -0.25) is 4.79 Å². The van der Waals surface area contributed by atoms with Crippen molar-refractivity contribution in [1.29, 1.82) is 0 Å². The number of nitrogens with two attached hydrogens (primary N) is 1. The molecule has 1 amide bonds. The van der Waals surface area contributed by atoms with E-state index >= 15 is 0 Å². The van der Waals surface area contributed by atoms with Gasteiger partial charge in [-0.2, -0.15) is 13.2 Å². The van der Waals surface area contributed by atoms with E-state index in [2.05, 4.69) is 10.1 Å². The average Bonchev–Trinajstić information content (AvgIpc) is 2.47. The quantitative estimate of drug-likeness (QED) is 0.709. The van der Waals surface area contributed by atoms with Gasteiger partial charge in [0.15, 0.2) is 0 Å². The molecule has 0 radical (unpaired) electrons. The van der Waals surface area contributed by atoms with E-state index < -0.39 is 18.1 Å². The topological polar surface area (TPSA) is 119 Å². The standard InChI is InChI=1S/C10H11ClN2O3.C2HF3O2/c1-16-10(15)6-2-3-8(7(11)4-6)13-9(14)5-12;3-2(4,5)1(6)7/h2-4H,5,12H2,1H3,(H,13,14);(H,6,7). The molecule has 0 atom stereocenters. The van der Waals surface area contributed by atoms with E-state index in [4.69, 9.17) is 27.2 Å². The molecule has 0 unspecified atom stereocenters. The summed E-state index contributed by atoms with van der Waals surface area (Å²) >= 11 is 5.87. The van der Waals surface area contributed by atoms with Crippen molar-refractivity contribution in [3.63, 3.8) is 0 Å². The molecule has 1 aromatic carbocycles. The summed E-state index contributed by atoms with van der Waals surface area (Å²) in [6, 6.07) is 4.44. The first-order chi connectivity index (χ1) is 10.5. The lowest BCUT2D eigenvalue weighted by Crippen LogP contribution is -2.22. The molecule has 0 saturated carbocycles. The van der Waals surface area contributed by atoms with E-state index in [9.17, 15) is 22.8 Å². The number of alkyl halides is 3. The van der Waals surface area contributed by atoms with Crippen molar-refractivity contribution in [2.45, 2.75) is 6.18 Å². The average molecular weight is 357 g/mol. The second-order valence-electron chi connectivity index (χ2n) is 3.74. The number of hydrogen-bond acceptors (Lipinski definition) is 5. The molecule has 11 heteroatoms. The summed E-state index contributed by atoms with van der Waals surface area (Å²) in [4.78, 5) is 31.1. The van der Waals surface area contributed by atoms with Gasteiger partial charge in [-0.1, -0.05) is 11.6 Å². The van der Waals surface area contributed by atoms with Crippen LogP contribution < -0.4 is 11.1 Å². The van der Waals surface area contributed by atoms with Gasteiger partial charge in [0.25, 0.3) is 0 Å². The number of carboxylic acids is 1. The van der Waals surface area contributed by atoms with E-state index in [-0.39, 0.29) is 17.5 Å². The molecule has 0 aromatic heterocycles. The second kappa shape index (κ2) is 8.96. The Kier molecular flexibility index (Phi) is 8.05. The molecule has 0 fully saturated rings. The predicted octanol–water partition coefficient (Wildman–Crippen LogP) is 1.66. The van der Waals surface area contributed by atoms with Crippen LogP contribution in [0, 0.1) is 0 Å². The van der Waals surface area contributed by atoms with Crippen LogP contribution in [0.5, 0.6) is 0 Å². The van der Waals surface area contributed by atoms with Crippen LogP contribution in [-0.4, -0.2) is 42.8 Å². The van der Waals surface area contributed by atoms with Crippen molar-refractivity contribution in [2.75, 3.05) is 19.0 Å². The van der Waals surface area contributed by atoms with E-state index in [1.807, 2.05) is 0 Å². The van der Waals surface area contributed by atoms with E-state index in [1.54, 1.807) is 0 Å². The number of esters is 1. The molecule has 0 saturated heterocycles. The number of carbonyl (C=O) groups is 3. The van der Waals surface area contributed by atoms with Gasteiger partial charge in [-0.25, -0.2) is 9.59 Å². The van der Waals surface area contributed by atoms with Crippen LogP contribution in [0.2, 0.25) is 5.02 Å². The summed E-state index contributed by atoms with van der Waals surface area (Å²) in [6.07, 6.45) is -5.08. The SMILES string of the molecule is COC(=O)c1ccc(NC(=O)CN)c(Cl)c1.O=C(O)C(F)(F)F. The van der Waals surface area contributed by atoms with Crippen LogP contribution in [0.15, 0.2) is 18.2 Å². The van der Waals surface area contributed by atoms with Crippen LogP contribution in [0.1, 0.15) is 10.4 Å². The number of aliphatic carboxylic acids is 1. The Morgan fingerprint density at radius 1 is 1.35 bits per heavy atom. The number of halogens is 4. The highest BCUT2D eigenvalue weighted by Gasteiger charge is 2.38. The Hall–Kier alpha value is -2.33. The molecule has 23 heavy (non-hydrogen) atoms. The van der Waals surface area contributed by atoms with Gasteiger partial charge in [-0.15, -0.1) is 0 Å². The first-order valence-electron chi connectivity index (χ1n) is 5.70. The monoisotopic (exact) mass is 356 g/mol. The minimum Gasteiger partial charge on any atom is -0.475 e. The molecular formula is C12H12ClF3N2O5. The van der Waals surface area contributed by atoms with Gasteiger partial charge in [-0.05, 0) is 18.2 Å². The molecule has 4 N–H and O–H groups in total. The molecule has 0 heterocycles. The zero-order valence-corrected chi connectivity index (χ0v) is 12.4. The molecule has 1 rings (SSSR count). The summed E-state index contributed by atoms with van der Waals surface area (Å²) < 4.78 is 36.3. The number of amides is 1. The van der Waals surface area contributed by atoms with Gasteiger partial charge in [0.2, 0.25) is 5.91 Å². The lowest BCUT2D eigenvalue weighted by molar-refractivity contribution is -0.192. The summed E-state index contributed by atoms with van der Waals surface area (Å²) in [5, 5.41) is 9.88. The number of hydrogen-bond donors (Lipinski definition) is 3. The van der Waals surface area contributed by atoms with Crippen molar-refractivity contribution in [3.8, 4) is 0 Å². The maximum atomic E-state index is 11.2. The minimum absolute atomic E-state index is 0.130. The lowest BCUT2D eigenvalue weighted by Gasteiger charge is -2.07. The number of methoxy groups -OCH3 is 1. The van der Waals surface area contributed by atoms with Gasteiger partial charge in [0, 0.05) is 0 Å². The first kappa shape index (κ1) is 20.7. The lowest BCUT2D eigenvalue weighted by atomic mass is 10.2. The molecule has 0 aliphatic carbocycles. The number of nitrogens with one attached hydrogen (secondary N) is 1. The Balaban J connectivity index is 0.000000585. The maximum Gasteiger partial charge on any atom is 0.490 e. The largest absolute Gasteiger partial charge is 0.490 e. The van der Waals surface area contributed by atoms with Crippen LogP contribution in [0.3, 0.4) is 0 Å². The highest BCUT2D eigenvalue weighted by atomic mass is 35.5. The Labute approximate surface area is 133 Å². The van der Waals surface area contributed by atoms with Crippen LogP contribution in [0.25, 0.3) is 0 Å². The molecule has 0 bridgehead atoms. The molecule has 0 spiro atoms. The van der Waals surface area contributed by atoms with Crippen LogP contribution in [0.4, 0.5) is 18.9 Å². The van der Waals surface area contributed by atoms with Crippen molar-refractivity contribution in [3.05, 3.63) is 28.8 Å². The fourth-order valence-corrected chi connectivity index (χ4v) is 1.29. The van der Waals surface area contributed by atoms with Gasteiger partial charge in [0.1, 0.15) is 0 Å². The van der Waals surface area contributed by atoms with E-state index in [0.717, 1.165) is 0 Å². The summed E-state index contributed by atoms with van der Waals surface area (Å²) in [7, 11) is 1.28. The maximum absolute atomic E-state index is 11.2. The summed E-state index contributed by atoms with van der Waals surface area (Å²) in [5.74, 6) is -3.60. The Bertz CT molecular complexity index is 593. The smallest absolute Gasteiger partial charge is 0.475 e. The van der Waals surface area contributed by atoms with Crippen LogP contribution in [-0.2, 0) is 14.3 Å². The van der Waals surface area contributed by atoms with Crippen molar-refractivity contribution in [2.24, 2.45) is 5.73 Å². The first-order valence-corrected chi connectivity index (χ1v) is 6.08. The molecule has 1 aromatic rings. The van der Waals surface area contributed by atoms with Gasteiger partial charge >= 0.3 is 18.1 Å². The number of carboxylic acid groups (broad SMARTS) is 1. The number of ether oxygens (including phenoxy) is 1. The third kappa shape index (κ3) is 7.47.